The molecule has 0 bridgehead atoms. The van der Waals surface area contributed by atoms with E-state index in [1.54, 1.807) is 12.1 Å². The van der Waals surface area contributed by atoms with Gasteiger partial charge >= 0.3 is 6.09 Å². The summed E-state index contributed by atoms with van der Waals surface area (Å²) >= 11 is 0. The number of Topliss-reactive ketones (excluding diaryl/α,β-unsaturated/α-hetero) is 1. The number of H-pyrrole nitrogens is 1. The van der Waals surface area contributed by atoms with Crippen LogP contribution in [0.4, 0.5) is 4.79 Å². The van der Waals surface area contributed by atoms with Crippen molar-refractivity contribution in [2.24, 2.45) is 0 Å². The molecule has 212 valence electrons. The lowest BCUT2D eigenvalue weighted by atomic mass is 9.96. The van der Waals surface area contributed by atoms with Gasteiger partial charge in [0, 0.05) is 35.5 Å². The van der Waals surface area contributed by atoms with Crippen LogP contribution in [0.5, 0.6) is 0 Å². The Labute approximate surface area is 244 Å². The molecule has 0 radical (unpaired) electrons. The number of benzene rings is 4. The Morgan fingerprint density at radius 2 is 1.36 bits per heavy atom. The zero-order valence-electron chi connectivity index (χ0n) is 23.4. The second-order valence-corrected chi connectivity index (χ2v) is 10.3. The van der Waals surface area contributed by atoms with E-state index in [-0.39, 0.29) is 18.8 Å². The van der Waals surface area contributed by atoms with Crippen molar-refractivity contribution in [3.8, 4) is 0 Å². The summed E-state index contributed by atoms with van der Waals surface area (Å²) in [4.78, 5) is 43.6. The highest BCUT2D eigenvalue weighted by molar-refractivity contribution is 6.03. The van der Waals surface area contributed by atoms with E-state index in [0.29, 0.717) is 12.0 Å². The van der Waals surface area contributed by atoms with Gasteiger partial charge in [-0.1, -0.05) is 109 Å². The first kappa shape index (κ1) is 28.4. The summed E-state index contributed by atoms with van der Waals surface area (Å²) < 4.78 is 5.44. The number of hydrogen-bond donors (Lipinski definition) is 3. The van der Waals surface area contributed by atoms with E-state index in [0.717, 1.165) is 33.2 Å². The van der Waals surface area contributed by atoms with Crippen LogP contribution < -0.4 is 10.6 Å². The number of ketones is 1. The Bertz CT molecular complexity index is 1650. The number of carbonyl (C=O) groups is 3. The Balaban J connectivity index is 1.38. The van der Waals surface area contributed by atoms with Crippen molar-refractivity contribution in [2.75, 3.05) is 0 Å². The molecule has 0 spiro atoms. The van der Waals surface area contributed by atoms with E-state index in [1.165, 1.54) is 0 Å². The van der Waals surface area contributed by atoms with Crippen molar-refractivity contribution in [3.63, 3.8) is 0 Å². The molecule has 7 nitrogen and oxygen atoms in total. The van der Waals surface area contributed by atoms with Crippen molar-refractivity contribution in [3.05, 3.63) is 143 Å². The molecular formula is C35H33N3O4. The predicted octanol–water partition coefficient (Wildman–Crippen LogP) is 5.92. The van der Waals surface area contributed by atoms with Crippen LogP contribution in [-0.2, 0) is 29.0 Å². The standard InChI is InChI=1S/C35H33N3O4/c1-24-16-18-27(19-17-24)33(39)31(20-25-10-4-2-5-11-25)37-34(40)32(21-28-22-36-30-15-9-8-14-29(28)30)38-35(41)42-23-26-12-6-3-7-13-26/h2-19,22,31-32,36H,20-21,23H2,1H3,(H,37,40)(H,38,41)/t31-,32-/m0/s1. The van der Waals surface area contributed by atoms with E-state index < -0.39 is 24.1 Å². The molecule has 2 amide bonds. The first-order chi connectivity index (χ1) is 20.5. The minimum Gasteiger partial charge on any atom is -0.445 e. The van der Waals surface area contributed by atoms with E-state index >= 15 is 0 Å². The number of para-hydroxylation sites is 1. The molecule has 0 aliphatic rings. The lowest BCUT2D eigenvalue weighted by Crippen LogP contribution is -2.53. The highest BCUT2D eigenvalue weighted by Crippen LogP contribution is 2.20. The van der Waals surface area contributed by atoms with Crippen LogP contribution in [-0.4, -0.2) is 34.9 Å². The maximum absolute atomic E-state index is 13.9. The fourth-order valence-electron chi connectivity index (χ4n) is 4.89. The van der Waals surface area contributed by atoms with Crippen LogP contribution in [0.1, 0.15) is 32.6 Å². The molecule has 42 heavy (non-hydrogen) atoms. The van der Waals surface area contributed by atoms with Crippen LogP contribution in [0.2, 0.25) is 0 Å². The first-order valence-electron chi connectivity index (χ1n) is 13.9. The fraction of sp³-hybridized carbons (Fsp3) is 0.171. The van der Waals surface area contributed by atoms with Gasteiger partial charge < -0.3 is 20.4 Å². The third-order valence-corrected chi connectivity index (χ3v) is 7.17. The molecular weight excluding hydrogens is 526 g/mol. The van der Waals surface area contributed by atoms with Gasteiger partial charge in [-0.3, -0.25) is 9.59 Å². The van der Waals surface area contributed by atoms with E-state index in [1.807, 2.05) is 110 Å². The SMILES string of the molecule is Cc1ccc(C(=O)[C@H](Cc2ccccc2)NC(=O)[C@H](Cc2c[nH]c3ccccc23)NC(=O)OCc2ccccc2)cc1. The second-order valence-electron chi connectivity index (χ2n) is 10.3. The Morgan fingerprint density at radius 3 is 2.07 bits per heavy atom. The summed E-state index contributed by atoms with van der Waals surface area (Å²) in [5.74, 6) is -0.678. The van der Waals surface area contributed by atoms with Crippen molar-refractivity contribution in [2.45, 2.75) is 38.5 Å². The number of aryl methyl sites for hydroxylation is 1. The molecule has 4 aromatic carbocycles. The minimum atomic E-state index is -0.989. The van der Waals surface area contributed by atoms with Crippen LogP contribution in [0.15, 0.2) is 115 Å². The molecule has 0 unspecified atom stereocenters. The number of nitrogens with one attached hydrogen (secondary N) is 3. The lowest BCUT2D eigenvalue weighted by Gasteiger charge is -2.23. The number of carbonyl (C=O) groups excluding carboxylic acids is 3. The molecule has 7 heteroatoms. The van der Waals surface area contributed by atoms with Crippen LogP contribution in [0.25, 0.3) is 10.9 Å². The molecule has 0 aliphatic carbocycles. The molecule has 1 heterocycles. The first-order valence-corrected chi connectivity index (χ1v) is 13.9. The van der Waals surface area contributed by atoms with Crippen molar-refractivity contribution in [1.82, 2.24) is 15.6 Å². The van der Waals surface area contributed by atoms with Gasteiger partial charge in [0.1, 0.15) is 12.6 Å². The summed E-state index contributed by atoms with van der Waals surface area (Å²) in [5, 5.41) is 6.65. The van der Waals surface area contributed by atoms with Gasteiger partial charge in [-0.05, 0) is 29.7 Å². The summed E-state index contributed by atoms with van der Waals surface area (Å²) in [7, 11) is 0. The van der Waals surface area contributed by atoms with Crippen molar-refractivity contribution >= 4 is 28.7 Å². The number of amides is 2. The topological polar surface area (TPSA) is 100 Å². The summed E-state index contributed by atoms with van der Waals surface area (Å²) in [6.45, 7) is 2.02. The molecule has 2 atom stereocenters. The monoisotopic (exact) mass is 559 g/mol. The maximum atomic E-state index is 13.9. The smallest absolute Gasteiger partial charge is 0.408 e. The molecule has 0 aliphatic heterocycles. The number of fused-ring (bicyclic) bond motifs is 1. The number of alkyl carbamates (subject to hydrolysis) is 1. The fourth-order valence-corrected chi connectivity index (χ4v) is 4.89. The third-order valence-electron chi connectivity index (χ3n) is 7.17. The van der Waals surface area contributed by atoms with E-state index in [9.17, 15) is 14.4 Å². The average molecular weight is 560 g/mol. The van der Waals surface area contributed by atoms with Crippen LogP contribution in [0, 0.1) is 6.92 Å². The number of aromatic nitrogens is 1. The third kappa shape index (κ3) is 7.31. The predicted molar refractivity (Wildman–Crippen MR) is 163 cm³/mol. The van der Waals surface area contributed by atoms with Gasteiger partial charge in [-0.25, -0.2) is 4.79 Å². The van der Waals surface area contributed by atoms with Crippen molar-refractivity contribution in [1.29, 1.82) is 0 Å². The number of hydrogen-bond acceptors (Lipinski definition) is 4. The molecule has 5 aromatic rings. The summed E-state index contributed by atoms with van der Waals surface area (Å²) in [6, 6.07) is 32.1. The van der Waals surface area contributed by atoms with Gasteiger partial charge in [0.15, 0.2) is 5.78 Å². The summed E-state index contributed by atoms with van der Waals surface area (Å²) in [6.07, 6.45) is 1.62. The van der Waals surface area contributed by atoms with Gasteiger partial charge in [0.2, 0.25) is 5.91 Å². The Kier molecular flexibility index (Phi) is 9.09. The van der Waals surface area contributed by atoms with Gasteiger partial charge in [-0.2, -0.15) is 0 Å². The summed E-state index contributed by atoms with van der Waals surface area (Å²) in [5.41, 5.74) is 5.06. The molecule has 0 saturated carbocycles. The number of rotatable bonds is 11. The molecule has 0 fully saturated rings. The molecule has 5 rings (SSSR count). The average Bonchev–Trinajstić information content (AvgIpc) is 3.43. The zero-order chi connectivity index (χ0) is 29.3. The highest BCUT2D eigenvalue weighted by Gasteiger charge is 2.29. The van der Waals surface area contributed by atoms with Crippen molar-refractivity contribution < 1.29 is 19.1 Å². The van der Waals surface area contributed by atoms with Crippen LogP contribution in [0.3, 0.4) is 0 Å². The second kappa shape index (κ2) is 13.5. The number of ether oxygens (including phenoxy) is 1. The molecule has 1 aromatic heterocycles. The molecule has 3 N–H and O–H groups in total. The Hall–Kier alpha value is -5.17. The van der Waals surface area contributed by atoms with Gasteiger partial charge in [0.05, 0.1) is 6.04 Å². The van der Waals surface area contributed by atoms with Gasteiger partial charge in [0.25, 0.3) is 0 Å². The van der Waals surface area contributed by atoms with Gasteiger partial charge in [-0.15, -0.1) is 0 Å². The Morgan fingerprint density at radius 1 is 0.714 bits per heavy atom. The largest absolute Gasteiger partial charge is 0.445 e. The number of aromatic amines is 1. The normalized spacial score (nSPS) is 12.3. The minimum absolute atomic E-state index is 0.0661. The quantitative estimate of drug-likeness (QED) is 0.175. The van der Waals surface area contributed by atoms with E-state index in [2.05, 4.69) is 15.6 Å². The molecule has 0 saturated heterocycles. The van der Waals surface area contributed by atoms with Crippen LogP contribution >= 0.6 is 0 Å². The zero-order valence-corrected chi connectivity index (χ0v) is 23.4. The maximum Gasteiger partial charge on any atom is 0.408 e. The highest BCUT2D eigenvalue weighted by atomic mass is 16.5. The lowest BCUT2D eigenvalue weighted by molar-refractivity contribution is -0.123. The van der Waals surface area contributed by atoms with E-state index in [4.69, 9.17) is 4.74 Å².